The molecule has 18 heavy (non-hydrogen) atoms. The summed E-state index contributed by atoms with van der Waals surface area (Å²) in [6, 6.07) is 1.48. The van der Waals surface area contributed by atoms with E-state index in [-0.39, 0.29) is 6.29 Å². The van der Waals surface area contributed by atoms with Gasteiger partial charge >= 0.3 is 6.61 Å². The number of benzene rings is 1. The highest BCUT2D eigenvalue weighted by atomic mass is 19.3. The summed E-state index contributed by atoms with van der Waals surface area (Å²) in [4.78, 5) is 31.6. The van der Waals surface area contributed by atoms with Crippen LogP contribution in [0.4, 0.5) is 14.5 Å². The van der Waals surface area contributed by atoms with Crippen molar-refractivity contribution in [3.63, 3.8) is 0 Å². The summed E-state index contributed by atoms with van der Waals surface area (Å²) in [5.41, 5.74) is -1.46. The highest BCUT2D eigenvalue weighted by Crippen LogP contribution is 2.29. The van der Waals surface area contributed by atoms with Crippen LogP contribution in [-0.2, 0) is 0 Å². The van der Waals surface area contributed by atoms with Gasteiger partial charge < -0.3 is 4.74 Å². The van der Waals surface area contributed by atoms with E-state index < -0.39 is 39.9 Å². The summed E-state index contributed by atoms with van der Waals surface area (Å²) in [6.45, 7) is -2.17. The van der Waals surface area contributed by atoms with E-state index in [4.69, 9.17) is 0 Å². The molecule has 0 fully saturated rings. The second-order valence-electron chi connectivity index (χ2n) is 3.22. The number of carbonyl (C=O) groups is 2. The Morgan fingerprint density at radius 1 is 1.50 bits per heavy atom. The summed E-state index contributed by atoms with van der Waals surface area (Å²) in [7, 11) is 0. The number of nitrogens with zero attached hydrogens (tertiary/aromatic N) is 1. The Morgan fingerprint density at radius 2 is 2.11 bits per heavy atom. The fourth-order valence-electron chi connectivity index (χ4n) is 1.31. The number of nitro benzene ring substituents is 1. The molecule has 0 spiro atoms. The third kappa shape index (κ3) is 2.84. The first kappa shape index (κ1) is 13.7. The Balaban J connectivity index is 3.46. The zero-order valence-electron chi connectivity index (χ0n) is 9.05. The number of ether oxygens (including phenoxy) is 1. The molecular formula is C10H7F2NO5. The molecule has 0 N–H and O–H groups in total. The van der Waals surface area contributed by atoms with Gasteiger partial charge in [-0.1, -0.05) is 0 Å². The van der Waals surface area contributed by atoms with Crippen LogP contribution in [-0.4, -0.2) is 23.6 Å². The Morgan fingerprint density at radius 3 is 2.50 bits per heavy atom. The molecule has 1 aromatic carbocycles. The SMILES string of the molecule is CC(=O)c1cc(OC(F)F)c(C=O)cc1[N+](=O)[O-]. The average Bonchev–Trinajstić information content (AvgIpc) is 2.27. The van der Waals surface area contributed by atoms with Crippen molar-refractivity contribution in [2.75, 3.05) is 0 Å². The van der Waals surface area contributed by atoms with Crippen LogP contribution in [0.15, 0.2) is 12.1 Å². The van der Waals surface area contributed by atoms with E-state index in [0.29, 0.717) is 0 Å². The minimum Gasteiger partial charge on any atom is -0.434 e. The maximum Gasteiger partial charge on any atom is 0.387 e. The van der Waals surface area contributed by atoms with E-state index in [0.717, 1.165) is 19.1 Å². The fraction of sp³-hybridized carbons (Fsp3) is 0.200. The predicted octanol–water partition coefficient (Wildman–Crippen LogP) is 2.21. The van der Waals surface area contributed by atoms with E-state index in [2.05, 4.69) is 4.74 Å². The topological polar surface area (TPSA) is 86.5 Å². The molecule has 0 bridgehead atoms. The Labute approximate surface area is 99.3 Å². The van der Waals surface area contributed by atoms with Crippen molar-refractivity contribution in [1.82, 2.24) is 0 Å². The summed E-state index contributed by atoms with van der Waals surface area (Å²) < 4.78 is 28.2. The van der Waals surface area contributed by atoms with Crippen LogP contribution in [0.5, 0.6) is 5.75 Å². The minimum absolute atomic E-state index is 0.134. The highest BCUT2D eigenvalue weighted by Gasteiger charge is 2.22. The predicted molar refractivity (Wildman–Crippen MR) is 55.1 cm³/mol. The molecule has 0 saturated carbocycles. The van der Waals surface area contributed by atoms with Crippen molar-refractivity contribution in [3.8, 4) is 5.75 Å². The van der Waals surface area contributed by atoms with Gasteiger partial charge in [0.25, 0.3) is 5.69 Å². The van der Waals surface area contributed by atoms with Gasteiger partial charge in [0.15, 0.2) is 12.1 Å². The van der Waals surface area contributed by atoms with Crippen molar-refractivity contribution in [2.45, 2.75) is 13.5 Å². The van der Waals surface area contributed by atoms with Crippen LogP contribution in [0.1, 0.15) is 27.6 Å². The summed E-state index contributed by atoms with van der Waals surface area (Å²) in [5, 5.41) is 10.7. The normalized spacial score (nSPS) is 10.2. The number of halogens is 2. The molecule has 6 nitrogen and oxygen atoms in total. The van der Waals surface area contributed by atoms with Crippen molar-refractivity contribution >= 4 is 17.8 Å². The number of hydrogen-bond donors (Lipinski definition) is 0. The molecule has 0 aliphatic carbocycles. The van der Waals surface area contributed by atoms with Crippen molar-refractivity contribution in [2.24, 2.45) is 0 Å². The number of rotatable bonds is 5. The number of aldehydes is 1. The number of alkyl halides is 2. The molecule has 0 aliphatic heterocycles. The minimum atomic E-state index is -3.20. The number of carbonyl (C=O) groups excluding carboxylic acids is 2. The summed E-state index contributed by atoms with van der Waals surface area (Å²) in [6.07, 6.45) is 0.134. The van der Waals surface area contributed by atoms with Crippen LogP contribution in [0.2, 0.25) is 0 Å². The largest absolute Gasteiger partial charge is 0.434 e. The Bertz CT molecular complexity index is 515. The zero-order valence-corrected chi connectivity index (χ0v) is 9.05. The third-order valence-corrected chi connectivity index (χ3v) is 2.05. The van der Waals surface area contributed by atoms with Crippen LogP contribution in [0, 0.1) is 10.1 Å². The molecular weight excluding hydrogens is 252 g/mol. The first-order valence-corrected chi connectivity index (χ1v) is 4.60. The van der Waals surface area contributed by atoms with Gasteiger partial charge in [0.2, 0.25) is 0 Å². The quantitative estimate of drug-likeness (QED) is 0.350. The van der Waals surface area contributed by atoms with Gasteiger partial charge in [0.05, 0.1) is 16.1 Å². The third-order valence-electron chi connectivity index (χ3n) is 2.05. The summed E-state index contributed by atoms with van der Waals surface area (Å²) >= 11 is 0. The van der Waals surface area contributed by atoms with E-state index in [9.17, 15) is 28.5 Å². The molecule has 1 rings (SSSR count). The molecule has 8 heteroatoms. The van der Waals surface area contributed by atoms with Crippen LogP contribution in [0.3, 0.4) is 0 Å². The fourth-order valence-corrected chi connectivity index (χ4v) is 1.31. The molecule has 0 unspecified atom stereocenters. The molecule has 0 amide bonds. The van der Waals surface area contributed by atoms with Crippen molar-refractivity contribution in [1.29, 1.82) is 0 Å². The molecule has 0 aromatic heterocycles. The molecule has 0 heterocycles. The average molecular weight is 259 g/mol. The Hall–Kier alpha value is -2.38. The van der Waals surface area contributed by atoms with Crippen LogP contribution in [0.25, 0.3) is 0 Å². The van der Waals surface area contributed by atoms with Gasteiger partial charge in [0.1, 0.15) is 5.75 Å². The number of nitro groups is 1. The van der Waals surface area contributed by atoms with Gasteiger partial charge in [-0.2, -0.15) is 8.78 Å². The second kappa shape index (κ2) is 5.30. The molecule has 0 aliphatic rings. The van der Waals surface area contributed by atoms with E-state index in [1.807, 2.05) is 0 Å². The van der Waals surface area contributed by atoms with Gasteiger partial charge in [-0.05, 0) is 13.0 Å². The number of ketones is 1. The van der Waals surface area contributed by atoms with Crippen LogP contribution >= 0.6 is 0 Å². The molecule has 96 valence electrons. The van der Waals surface area contributed by atoms with Crippen molar-refractivity contribution in [3.05, 3.63) is 33.4 Å². The lowest BCUT2D eigenvalue weighted by molar-refractivity contribution is -0.385. The van der Waals surface area contributed by atoms with Crippen LogP contribution < -0.4 is 4.74 Å². The lowest BCUT2D eigenvalue weighted by Gasteiger charge is -2.08. The summed E-state index contributed by atoms with van der Waals surface area (Å²) in [5.74, 6) is -1.27. The number of Topliss-reactive ketones (excluding diaryl/α,β-unsaturated/α-hetero) is 1. The molecule has 1 aromatic rings. The lowest BCUT2D eigenvalue weighted by Crippen LogP contribution is -2.08. The van der Waals surface area contributed by atoms with Gasteiger partial charge in [0, 0.05) is 6.07 Å². The first-order valence-electron chi connectivity index (χ1n) is 4.60. The zero-order chi connectivity index (χ0) is 13.9. The lowest BCUT2D eigenvalue weighted by atomic mass is 10.1. The second-order valence-corrected chi connectivity index (χ2v) is 3.22. The number of hydrogen-bond acceptors (Lipinski definition) is 5. The maximum absolute atomic E-state index is 12.1. The molecule has 0 saturated heterocycles. The monoisotopic (exact) mass is 259 g/mol. The Kier molecular flexibility index (Phi) is 4.03. The van der Waals surface area contributed by atoms with E-state index in [1.165, 1.54) is 0 Å². The first-order chi connectivity index (χ1) is 8.36. The smallest absolute Gasteiger partial charge is 0.387 e. The maximum atomic E-state index is 12.1. The van der Waals surface area contributed by atoms with E-state index >= 15 is 0 Å². The standard InChI is InChI=1S/C10H7F2NO5/c1-5(15)7-3-9(18-10(11)12)6(4-14)2-8(7)13(16)17/h2-4,10H,1H3. The molecule has 0 atom stereocenters. The molecule has 0 radical (unpaired) electrons. The van der Waals surface area contributed by atoms with Gasteiger partial charge in [-0.3, -0.25) is 19.7 Å². The van der Waals surface area contributed by atoms with Crippen molar-refractivity contribution < 1.29 is 28.0 Å². The highest BCUT2D eigenvalue weighted by molar-refractivity contribution is 6.00. The van der Waals surface area contributed by atoms with E-state index in [1.54, 1.807) is 0 Å². The van der Waals surface area contributed by atoms with Gasteiger partial charge in [-0.25, -0.2) is 0 Å². The van der Waals surface area contributed by atoms with Gasteiger partial charge in [-0.15, -0.1) is 0 Å².